The summed E-state index contributed by atoms with van der Waals surface area (Å²) in [4.78, 5) is 2.22. The molecule has 106 valence electrons. The van der Waals surface area contributed by atoms with Gasteiger partial charge in [0.15, 0.2) is 0 Å². The maximum Gasteiger partial charge on any atom is 0.142 e. The van der Waals surface area contributed by atoms with E-state index < -0.39 is 0 Å². The van der Waals surface area contributed by atoms with Gasteiger partial charge in [-0.3, -0.25) is 0 Å². The lowest BCUT2D eigenvalue weighted by Gasteiger charge is -2.27. The molecule has 0 atom stereocenters. The molecule has 1 aromatic rings. The molecule has 4 heteroatoms. The van der Waals surface area contributed by atoms with Crippen molar-refractivity contribution in [2.75, 3.05) is 39.3 Å². The highest BCUT2D eigenvalue weighted by atomic mass is 16.5. The van der Waals surface area contributed by atoms with Gasteiger partial charge in [0.25, 0.3) is 0 Å². The Labute approximate surface area is 115 Å². The molecule has 0 saturated heterocycles. The van der Waals surface area contributed by atoms with Crippen LogP contribution in [0, 0.1) is 12.3 Å². The molecule has 1 aliphatic rings. The summed E-state index contributed by atoms with van der Waals surface area (Å²) >= 11 is 0. The quantitative estimate of drug-likeness (QED) is 0.855. The molecule has 0 aromatic heterocycles. The first-order chi connectivity index (χ1) is 9.05. The summed E-state index contributed by atoms with van der Waals surface area (Å²) < 4.78 is 10.9. The Hall–Kier alpha value is -1.42. The lowest BCUT2D eigenvalue weighted by molar-refractivity contribution is 0.399. The van der Waals surface area contributed by atoms with Gasteiger partial charge in [-0.15, -0.1) is 0 Å². The maximum absolute atomic E-state index is 5.86. The minimum absolute atomic E-state index is 0.303. The zero-order valence-electron chi connectivity index (χ0n) is 12.3. The maximum atomic E-state index is 5.86. The van der Waals surface area contributed by atoms with Crippen molar-refractivity contribution in [3.63, 3.8) is 0 Å². The van der Waals surface area contributed by atoms with Crippen molar-refractivity contribution < 1.29 is 9.47 Å². The van der Waals surface area contributed by atoms with Crippen LogP contribution in [0.3, 0.4) is 0 Å². The Morgan fingerprint density at radius 2 is 1.84 bits per heavy atom. The van der Waals surface area contributed by atoms with E-state index in [9.17, 15) is 0 Å². The van der Waals surface area contributed by atoms with Crippen LogP contribution in [0.1, 0.15) is 18.4 Å². The van der Waals surface area contributed by atoms with Crippen LogP contribution in [0.5, 0.6) is 11.5 Å². The lowest BCUT2D eigenvalue weighted by atomic mass is 10.1. The monoisotopic (exact) mass is 264 g/mol. The van der Waals surface area contributed by atoms with Crippen LogP contribution >= 0.6 is 0 Å². The third kappa shape index (κ3) is 2.78. The summed E-state index contributed by atoms with van der Waals surface area (Å²) in [5.74, 6) is 1.77. The van der Waals surface area contributed by atoms with Gasteiger partial charge in [0, 0.05) is 25.1 Å². The Morgan fingerprint density at radius 1 is 1.21 bits per heavy atom. The summed E-state index contributed by atoms with van der Waals surface area (Å²) in [6.07, 6.45) is 2.44. The van der Waals surface area contributed by atoms with E-state index >= 15 is 0 Å². The van der Waals surface area contributed by atoms with Gasteiger partial charge in [-0.1, -0.05) is 0 Å². The van der Waals surface area contributed by atoms with Crippen molar-refractivity contribution >= 4 is 5.69 Å². The summed E-state index contributed by atoms with van der Waals surface area (Å²) in [5, 5.41) is 0. The highest BCUT2D eigenvalue weighted by molar-refractivity contribution is 5.63. The lowest BCUT2D eigenvalue weighted by Crippen LogP contribution is -2.31. The van der Waals surface area contributed by atoms with Crippen LogP contribution < -0.4 is 20.1 Å². The molecule has 1 fully saturated rings. The summed E-state index contributed by atoms with van der Waals surface area (Å²) in [6.45, 7) is 3.74. The SMILES string of the molecule is COc1cc(N(C)CC2(CN)CC2)c(OC)cc1C. The molecule has 0 amide bonds. The molecule has 4 nitrogen and oxygen atoms in total. The predicted molar refractivity (Wildman–Crippen MR) is 78.3 cm³/mol. The minimum Gasteiger partial charge on any atom is -0.496 e. The van der Waals surface area contributed by atoms with Gasteiger partial charge in [0.1, 0.15) is 11.5 Å². The molecule has 0 bridgehead atoms. The van der Waals surface area contributed by atoms with Crippen molar-refractivity contribution in [1.29, 1.82) is 0 Å². The molecule has 0 unspecified atom stereocenters. The molecular weight excluding hydrogens is 240 g/mol. The molecule has 0 spiro atoms. The third-order valence-corrected chi connectivity index (χ3v) is 4.07. The first kappa shape index (κ1) is 14.0. The number of anilines is 1. The number of nitrogens with zero attached hydrogens (tertiary/aromatic N) is 1. The fourth-order valence-electron chi connectivity index (χ4n) is 2.52. The summed E-state index contributed by atoms with van der Waals surface area (Å²) in [6, 6.07) is 4.06. The van der Waals surface area contributed by atoms with Gasteiger partial charge in [0.05, 0.1) is 19.9 Å². The summed E-state index contributed by atoms with van der Waals surface area (Å²) in [7, 11) is 5.48. The van der Waals surface area contributed by atoms with E-state index in [1.807, 2.05) is 19.1 Å². The zero-order chi connectivity index (χ0) is 14.0. The van der Waals surface area contributed by atoms with Crippen molar-refractivity contribution in [1.82, 2.24) is 0 Å². The fourth-order valence-corrected chi connectivity index (χ4v) is 2.52. The van der Waals surface area contributed by atoms with Crippen molar-refractivity contribution in [3.05, 3.63) is 17.7 Å². The fraction of sp³-hybridized carbons (Fsp3) is 0.600. The van der Waals surface area contributed by atoms with Gasteiger partial charge in [-0.2, -0.15) is 0 Å². The number of ether oxygens (including phenoxy) is 2. The van der Waals surface area contributed by atoms with Gasteiger partial charge in [0.2, 0.25) is 0 Å². The smallest absolute Gasteiger partial charge is 0.142 e. The average molecular weight is 264 g/mol. The Bertz CT molecular complexity index is 456. The second-order valence-electron chi connectivity index (χ2n) is 5.55. The van der Waals surface area contributed by atoms with Crippen LogP contribution in [0.4, 0.5) is 5.69 Å². The largest absolute Gasteiger partial charge is 0.496 e. The van der Waals surface area contributed by atoms with Gasteiger partial charge < -0.3 is 20.1 Å². The van der Waals surface area contributed by atoms with Gasteiger partial charge in [-0.05, 0) is 37.9 Å². The first-order valence-electron chi connectivity index (χ1n) is 6.69. The third-order valence-electron chi connectivity index (χ3n) is 4.07. The average Bonchev–Trinajstić information content (AvgIpc) is 3.18. The topological polar surface area (TPSA) is 47.7 Å². The first-order valence-corrected chi connectivity index (χ1v) is 6.69. The van der Waals surface area contributed by atoms with Crippen LogP contribution in [-0.2, 0) is 0 Å². The van der Waals surface area contributed by atoms with Crippen molar-refractivity contribution in [2.45, 2.75) is 19.8 Å². The van der Waals surface area contributed by atoms with E-state index in [4.69, 9.17) is 15.2 Å². The van der Waals surface area contributed by atoms with Crippen LogP contribution in [0.15, 0.2) is 12.1 Å². The van der Waals surface area contributed by atoms with E-state index in [1.165, 1.54) is 12.8 Å². The Morgan fingerprint density at radius 3 is 2.32 bits per heavy atom. The van der Waals surface area contributed by atoms with Crippen LogP contribution in [0.2, 0.25) is 0 Å². The molecule has 1 aliphatic carbocycles. The predicted octanol–water partition coefficient (Wildman–Crippen LogP) is 2.19. The molecule has 2 rings (SSSR count). The molecule has 0 heterocycles. The summed E-state index contributed by atoms with van der Waals surface area (Å²) in [5.41, 5.74) is 8.31. The van der Waals surface area contributed by atoms with E-state index in [0.29, 0.717) is 5.41 Å². The van der Waals surface area contributed by atoms with Crippen molar-refractivity contribution in [2.24, 2.45) is 11.1 Å². The number of benzene rings is 1. The Kier molecular flexibility index (Phi) is 3.90. The number of nitrogens with two attached hydrogens (primary N) is 1. The number of aryl methyl sites for hydroxylation is 1. The van der Waals surface area contributed by atoms with Crippen molar-refractivity contribution in [3.8, 4) is 11.5 Å². The highest BCUT2D eigenvalue weighted by Crippen LogP contribution is 2.46. The molecule has 19 heavy (non-hydrogen) atoms. The van der Waals surface area contributed by atoms with E-state index in [2.05, 4.69) is 11.9 Å². The molecule has 1 saturated carbocycles. The molecular formula is C15H24N2O2. The number of hydrogen-bond acceptors (Lipinski definition) is 4. The van der Waals surface area contributed by atoms with Gasteiger partial charge in [-0.25, -0.2) is 0 Å². The highest BCUT2D eigenvalue weighted by Gasteiger charge is 2.42. The normalized spacial score (nSPS) is 16.1. The standard InChI is InChI=1S/C15H24N2O2/c1-11-7-14(19-4)12(8-13(11)18-3)17(2)10-15(9-16)5-6-15/h7-8H,5-6,9-10,16H2,1-4H3. The molecule has 0 aliphatic heterocycles. The molecule has 1 aromatic carbocycles. The number of rotatable bonds is 6. The zero-order valence-corrected chi connectivity index (χ0v) is 12.3. The second-order valence-corrected chi connectivity index (χ2v) is 5.55. The second kappa shape index (κ2) is 5.29. The number of methoxy groups -OCH3 is 2. The van der Waals surface area contributed by atoms with E-state index in [1.54, 1.807) is 14.2 Å². The molecule has 0 radical (unpaired) electrons. The minimum atomic E-state index is 0.303. The van der Waals surface area contributed by atoms with Crippen LogP contribution in [-0.4, -0.2) is 34.4 Å². The molecule has 2 N–H and O–H groups in total. The Balaban J connectivity index is 2.26. The van der Waals surface area contributed by atoms with E-state index in [-0.39, 0.29) is 0 Å². The number of hydrogen-bond donors (Lipinski definition) is 1. The van der Waals surface area contributed by atoms with Gasteiger partial charge >= 0.3 is 0 Å². The van der Waals surface area contributed by atoms with Crippen LogP contribution in [0.25, 0.3) is 0 Å². The van der Waals surface area contributed by atoms with E-state index in [0.717, 1.165) is 35.8 Å².